The number of hydrogen-bond acceptors (Lipinski definition) is 3. The van der Waals surface area contributed by atoms with Crippen LogP contribution in [0.15, 0.2) is 0 Å². The maximum absolute atomic E-state index is 11.3. The Morgan fingerprint density at radius 2 is 2.19 bits per heavy atom. The molecule has 0 bridgehead atoms. The summed E-state index contributed by atoms with van der Waals surface area (Å²) in [6.45, 7) is 3.67. The molecule has 92 valence electrons. The van der Waals surface area contributed by atoms with E-state index in [0.29, 0.717) is 12.5 Å². The molecule has 5 nitrogen and oxygen atoms in total. The van der Waals surface area contributed by atoms with Crippen LogP contribution in [-0.2, 0) is 9.59 Å². The average molecular weight is 228 g/mol. The third-order valence-corrected chi connectivity index (χ3v) is 3.00. The lowest BCUT2D eigenvalue weighted by atomic mass is 10.0. The first-order chi connectivity index (χ1) is 7.59. The molecule has 1 fully saturated rings. The van der Waals surface area contributed by atoms with Gasteiger partial charge in [0.15, 0.2) is 0 Å². The van der Waals surface area contributed by atoms with Crippen LogP contribution in [0.4, 0.5) is 0 Å². The van der Waals surface area contributed by atoms with Gasteiger partial charge in [-0.25, -0.2) is 0 Å². The smallest absolute Gasteiger partial charge is 0.322 e. The van der Waals surface area contributed by atoms with E-state index in [2.05, 4.69) is 17.1 Å². The number of carboxylic acids is 1. The van der Waals surface area contributed by atoms with Crippen LogP contribution < -0.4 is 5.32 Å². The van der Waals surface area contributed by atoms with Gasteiger partial charge in [0.2, 0.25) is 5.91 Å². The second-order valence-corrected chi connectivity index (χ2v) is 4.30. The van der Waals surface area contributed by atoms with E-state index in [0.717, 1.165) is 13.1 Å². The molecule has 1 saturated heterocycles. The van der Waals surface area contributed by atoms with Crippen LogP contribution in [0.2, 0.25) is 0 Å². The number of carboxylic acid groups (broad SMARTS) is 1. The average Bonchev–Trinajstić information content (AvgIpc) is 2.25. The number of aliphatic carboxylic acids is 1. The van der Waals surface area contributed by atoms with Gasteiger partial charge in [0.25, 0.3) is 0 Å². The van der Waals surface area contributed by atoms with Crippen molar-refractivity contribution in [2.75, 3.05) is 19.6 Å². The molecular weight excluding hydrogens is 208 g/mol. The van der Waals surface area contributed by atoms with E-state index in [9.17, 15) is 9.59 Å². The zero-order valence-corrected chi connectivity index (χ0v) is 9.74. The lowest BCUT2D eigenvalue weighted by Gasteiger charge is -2.33. The van der Waals surface area contributed by atoms with Crippen LogP contribution in [0.25, 0.3) is 0 Å². The fourth-order valence-electron chi connectivity index (χ4n) is 2.00. The Labute approximate surface area is 95.8 Å². The fourth-order valence-corrected chi connectivity index (χ4v) is 2.00. The molecule has 2 N–H and O–H groups in total. The number of carbonyl (C=O) groups excluding carboxylic acids is 1. The second-order valence-electron chi connectivity index (χ2n) is 4.30. The molecule has 1 unspecified atom stereocenters. The molecule has 0 spiro atoms. The number of nitrogens with zero attached hydrogens (tertiary/aromatic N) is 1. The van der Waals surface area contributed by atoms with Crippen LogP contribution >= 0.6 is 0 Å². The minimum atomic E-state index is -1.00. The van der Waals surface area contributed by atoms with Crippen LogP contribution in [0.5, 0.6) is 0 Å². The van der Waals surface area contributed by atoms with E-state index >= 15 is 0 Å². The van der Waals surface area contributed by atoms with Gasteiger partial charge in [-0.05, 0) is 26.3 Å². The molecule has 5 heteroatoms. The minimum Gasteiger partial charge on any atom is -0.480 e. The topological polar surface area (TPSA) is 69.6 Å². The largest absolute Gasteiger partial charge is 0.480 e. The first kappa shape index (κ1) is 13.0. The maximum Gasteiger partial charge on any atom is 0.322 e. The number of hydrogen-bond donors (Lipinski definition) is 2. The molecule has 1 aliphatic rings. The summed E-state index contributed by atoms with van der Waals surface area (Å²) in [5.74, 6) is -1.18. The summed E-state index contributed by atoms with van der Waals surface area (Å²) >= 11 is 0. The molecule has 1 amide bonds. The van der Waals surface area contributed by atoms with Gasteiger partial charge in [-0.15, -0.1) is 0 Å². The summed E-state index contributed by atoms with van der Waals surface area (Å²) in [5.41, 5.74) is 0. The molecule has 0 aromatic rings. The predicted molar refractivity (Wildman–Crippen MR) is 60.1 cm³/mol. The van der Waals surface area contributed by atoms with Gasteiger partial charge in [0, 0.05) is 19.0 Å². The van der Waals surface area contributed by atoms with Gasteiger partial charge in [-0.1, -0.05) is 6.42 Å². The van der Waals surface area contributed by atoms with Crippen molar-refractivity contribution in [1.29, 1.82) is 0 Å². The lowest BCUT2D eigenvalue weighted by molar-refractivity contribution is -0.138. The minimum absolute atomic E-state index is 0.180. The van der Waals surface area contributed by atoms with E-state index in [1.165, 1.54) is 19.3 Å². The first-order valence-corrected chi connectivity index (χ1v) is 5.82. The van der Waals surface area contributed by atoms with Crippen molar-refractivity contribution in [1.82, 2.24) is 10.2 Å². The Bertz CT molecular complexity index is 256. The van der Waals surface area contributed by atoms with Crippen LogP contribution in [0.1, 0.15) is 32.6 Å². The summed E-state index contributed by atoms with van der Waals surface area (Å²) in [6.07, 6.45) is 4.04. The van der Waals surface area contributed by atoms with E-state index in [-0.39, 0.29) is 12.5 Å². The monoisotopic (exact) mass is 228 g/mol. The Balaban J connectivity index is 2.17. The van der Waals surface area contributed by atoms with Crippen molar-refractivity contribution in [3.63, 3.8) is 0 Å². The molecule has 0 aromatic heterocycles. The van der Waals surface area contributed by atoms with Crippen molar-refractivity contribution in [2.24, 2.45) is 0 Å². The Morgan fingerprint density at radius 1 is 1.44 bits per heavy atom. The highest BCUT2D eigenvalue weighted by molar-refractivity contribution is 5.81. The van der Waals surface area contributed by atoms with Gasteiger partial charge < -0.3 is 15.3 Å². The predicted octanol–water partition coefficient (Wildman–Crippen LogP) is 0.452. The molecule has 1 aliphatic heterocycles. The van der Waals surface area contributed by atoms with Crippen LogP contribution in [0.3, 0.4) is 0 Å². The van der Waals surface area contributed by atoms with Crippen molar-refractivity contribution in [2.45, 2.75) is 38.6 Å². The number of rotatable bonds is 5. The molecule has 16 heavy (non-hydrogen) atoms. The third-order valence-electron chi connectivity index (χ3n) is 3.00. The van der Waals surface area contributed by atoms with Gasteiger partial charge in [0.1, 0.15) is 6.54 Å². The Kier molecular flexibility index (Phi) is 5.25. The van der Waals surface area contributed by atoms with Crippen molar-refractivity contribution in [3.05, 3.63) is 0 Å². The van der Waals surface area contributed by atoms with Crippen molar-refractivity contribution in [3.8, 4) is 0 Å². The Morgan fingerprint density at radius 3 is 2.81 bits per heavy atom. The normalized spacial score (nSPS) is 21.7. The molecule has 0 aliphatic carbocycles. The highest BCUT2D eigenvalue weighted by atomic mass is 16.4. The number of nitrogens with one attached hydrogen (secondary N) is 1. The Hall–Kier alpha value is -1.10. The SMILES string of the molecule is CC1CCCCN1CCC(=O)NCC(=O)O. The summed E-state index contributed by atoms with van der Waals surface area (Å²) in [7, 11) is 0. The lowest BCUT2D eigenvalue weighted by Crippen LogP contribution is -2.40. The standard InChI is InChI=1S/C11H20N2O3/c1-9-4-2-3-6-13(9)7-5-10(14)12-8-11(15)16/h9H,2-8H2,1H3,(H,12,14)(H,15,16). The van der Waals surface area contributed by atoms with Crippen LogP contribution in [-0.4, -0.2) is 47.6 Å². The second kappa shape index (κ2) is 6.48. The quantitative estimate of drug-likeness (QED) is 0.717. The van der Waals surface area contributed by atoms with E-state index in [1.54, 1.807) is 0 Å². The van der Waals surface area contributed by atoms with Gasteiger partial charge in [0.05, 0.1) is 0 Å². The van der Waals surface area contributed by atoms with Crippen LogP contribution in [0, 0.1) is 0 Å². The molecule has 0 radical (unpaired) electrons. The highest BCUT2D eigenvalue weighted by Crippen LogP contribution is 2.16. The van der Waals surface area contributed by atoms with E-state index in [4.69, 9.17) is 5.11 Å². The summed E-state index contributed by atoms with van der Waals surface area (Å²) in [4.78, 5) is 23.8. The van der Waals surface area contributed by atoms with E-state index < -0.39 is 5.97 Å². The summed E-state index contributed by atoms with van der Waals surface area (Å²) in [6, 6.07) is 0.543. The zero-order valence-electron chi connectivity index (χ0n) is 9.74. The third kappa shape index (κ3) is 4.61. The first-order valence-electron chi connectivity index (χ1n) is 5.82. The molecule has 0 aromatic carbocycles. The van der Waals surface area contributed by atoms with E-state index in [1.807, 2.05) is 0 Å². The molecular formula is C11H20N2O3. The highest BCUT2D eigenvalue weighted by Gasteiger charge is 2.18. The summed E-state index contributed by atoms with van der Waals surface area (Å²) in [5, 5.41) is 10.8. The van der Waals surface area contributed by atoms with Crippen molar-refractivity contribution < 1.29 is 14.7 Å². The molecule has 1 heterocycles. The fraction of sp³-hybridized carbons (Fsp3) is 0.818. The summed E-state index contributed by atoms with van der Waals surface area (Å²) < 4.78 is 0. The maximum atomic E-state index is 11.3. The number of carbonyl (C=O) groups is 2. The molecule has 1 rings (SSSR count). The molecule has 1 atom stereocenters. The number of amides is 1. The van der Waals surface area contributed by atoms with Gasteiger partial charge >= 0.3 is 5.97 Å². The number of piperidine rings is 1. The molecule has 0 saturated carbocycles. The number of likely N-dealkylation sites (tertiary alicyclic amines) is 1. The van der Waals surface area contributed by atoms with Crippen molar-refractivity contribution >= 4 is 11.9 Å². The van der Waals surface area contributed by atoms with Gasteiger partial charge in [-0.3, -0.25) is 9.59 Å². The van der Waals surface area contributed by atoms with Gasteiger partial charge in [-0.2, -0.15) is 0 Å². The zero-order chi connectivity index (χ0) is 12.0.